The van der Waals surface area contributed by atoms with Crippen LogP contribution in [-0.2, 0) is 11.4 Å². The highest BCUT2D eigenvalue weighted by molar-refractivity contribution is 8.16. The van der Waals surface area contributed by atoms with Crippen molar-refractivity contribution in [2.24, 2.45) is 0 Å². The van der Waals surface area contributed by atoms with Gasteiger partial charge in [-0.05, 0) is 48.1 Å². The van der Waals surface area contributed by atoms with Gasteiger partial charge >= 0.3 is 0 Å². The first-order chi connectivity index (χ1) is 15.1. The van der Waals surface area contributed by atoms with Crippen LogP contribution in [0.3, 0.4) is 0 Å². The molecule has 0 radical (unpaired) electrons. The zero-order valence-corrected chi connectivity index (χ0v) is 20.2. The number of fused-ring (bicyclic) bond motifs is 1. The molecule has 0 aliphatic heterocycles. The highest BCUT2D eigenvalue weighted by Crippen LogP contribution is 2.41. The fourth-order valence-corrected chi connectivity index (χ4v) is 5.74. The summed E-state index contributed by atoms with van der Waals surface area (Å²) in [4.78, 5) is 16.2. The van der Waals surface area contributed by atoms with Gasteiger partial charge in [-0.1, -0.05) is 42.8 Å². The van der Waals surface area contributed by atoms with Gasteiger partial charge in [0.2, 0.25) is 5.91 Å². The maximum absolute atomic E-state index is 11.6. The molecule has 0 bridgehead atoms. The summed E-state index contributed by atoms with van der Waals surface area (Å²) < 4.78 is 6.32. The third kappa shape index (κ3) is 7.34. The van der Waals surface area contributed by atoms with Crippen LogP contribution in [0.15, 0.2) is 54.6 Å². The predicted octanol–water partition coefficient (Wildman–Crippen LogP) is 6.48. The van der Waals surface area contributed by atoms with Crippen LogP contribution in [-0.4, -0.2) is 29.4 Å². The molecule has 1 atom stereocenters. The van der Waals surface area contributed by atoms with Crippen LogP contribution in [0.5, 0.6) is 5.75 Å². The quantitative estimate of drug-likeness (QED) is 0.322. The van der Waals surface area contributed by atoms with E-state index in [0.29, 0.717) is 18.1 Å². The molecule has 164 valence electrons. The molecule has 3 aromatic rings. The lowest BCUT2D eigenvalue weighted by molar-refractivity contribution is -0.120. The van der Waals surface area contributed by atoms with E-state index in [4.69, 9.17) is 16.3 Å². The van der Waals surface area contributed by atoms with Gasteiger partial charge in [0.05, 0.1) is 15.8 Å². The Hall–Kier alpha value is -1.89. The Morgan fingerprint density at radius 1 is 1.13 bits per heavy atom. The van der Waals surface area contributed by atoms with Crippen molar-refractivity contribution in [1.82, 2.24) is 10.3 Å². The van der Waals surface area contributed by atoms with E-state index >= 15 is 0 Å². The Morgan fingerprint density at radius 3 is 2.74 bits per heavy atom. The maximum Gasteiger partial charge on any atom is 0.220 e. The molecule has 1 aromatic heterocycles. The minimum absolute atomic E-state index is 0.0769. The summed E-state index contributed by atoms with van der Waals surface area (Å²) in [5, 5.41) is 4.42. The minimum Gasteiger partial charge on any atom is -0.487 e. The van der Waals surface area contributed by atoms with Crippen LogP contribution in [0.4, 0.5) is 0 Å². The van der Waals surface area contributed by atoms with Crippen molar-refractivity contribution >= 4 is 51.9 Å². The highest BCUT2D eigenvalue weighted by Gasteiger charge is 2.14. The zero-order valence-electron chi connectivity index (χ0n) is 17.8. The number of thioether (sulfide) groups is 2. The molecule has 1 N–H and O–H groups in total. The number of carbonyl (C=O) groups is 1. The minimum atomic E-state index is 0.0769. The van der Waals surface area contributed by atoms with Gasteiger partial charge in [-0.3, -0.25) is 4.79 Å². The van der Waals surface area contributed by atoms with Gasteiger partial charge in [0, 0.05) is 29.6 Å². The third-order valence-corrected chi connectivity index (χ3v) is 7.86. The molecule has 1 amide bonds. The second kappa shape index (κ2) is 12.2. The monoisotopic (exact) mass is 474 g/mol. The topological polar surface area (TPSA) is 51.2 Å². The van der Waals surface area contributed by atoms with E-state index in [-0.39, 0.29) is 10.5 Å². The van der Waals surface area contributed by atoms with Crippen molar-refractivity contribution < 1.29 is 9.53 Å². The average Bonchev–Trinajstić information content (AvgIpc) is 2.79. The fraction of sp³-hybridized carbons (Fsp3) is 0.333. The summed E-state index contributed by atoms with van der Waals surface area (Å²) >= 11 is 9.81. The first-order valence-corrected chi connectivity index (χ1v) is 12.8. The number of amides is 1. The normalized spacial score (nSPS) is 12.0. The summed E-state index contributed by atoms with van der Waals surface area (Å²) in [5.74, 6) is 2.76. The molecule has 7 heteroatoms. The molecule has 4 nitrogen and oxygen atoms in total. The van der Waals surface area contributed by atoms with E-state index in [0.717, 1.165) is 40.3 Å². The van der Waals surface area contributed by atoms with Crippen molar-refractivity contribution in [3.8, 4) is 5.75 Å². The predicted molar refractivity (Wildman–Crippen MR) is 134 cm³/mol. The van der Waals surface area contributed by atoms with Crippen LogP contribution in [0, 0.1) is 0 Å². The number of benzene rings is 2. The SMILES string of the molecule is CCCSC(SCCC(=O)NC)c1cccc(OCc2ccc3ccc(Cl)cc3n2)c1. The third-order valence-electron chi connectivity index (χ3n) is 4.58. The zero-order chi connectivity index (χ0) is 22.1. The molecule has 2 aromatic carbocycles. The molecule has 0 aliphatic carbocycles. The number of rotatable bonds is 11. The molecule has 0 saturated heterocycles. The van der Waals surface area contributed by atoms with Crippen LogP contribution < -0.4 is 10.1 Å². The van der Waals surface area contributed by atoms with E-state index < -0.39 is 0 Å². The van der Waals surface area contributed by atoms with Gasteiger partial charge in [-0.25, -0.2) is 4.98 Å². The number of carbonyl (C=O) groups excluding carboxylic acids is 1. The van der Waals surface area contributed by atoms with Crippen molar-refractivity contribution in [1.29, 1.82) is 0 Å². The van der Waals surface area contributed by atoms with Gasteiger partial charge in [0.25, 0.3) is 0 Å². The molecule has 0 fully saturated rings. The molecule has 3 rings (SSSR count). The molecule has 1 unspecified atom stereocenters. The molecule has 0 saturated carbocycles. The molecule has 31 heavy (non-hydrogen) atoms. The average molecular weight is 475 g/mol. The number of nitrogens with zero attached hydrogens (tertiary/aromatic N) is 1. The van der Waals surface area contributed by atoms with Gasteiger partial charge in [0.1, 0.15) is 12.4 Å². The molecule has 0 aliphatic rings. The van der Waals surface area contributed by atoms with Crippen molar-refractivity contribution in [3.63, 3.8) is 0 Å². The Kier molecular flexibility index (Phi) is 9.37. The van der Waals surface area contributed by atoms with E-state index in [1.807, 2.05) is 54.2 Å². The standard InChI is InChI=1S/C24H27ClN2O2S2/c1-3-12-30-24(31-13-11-23(28)26-2)18-5-4-6-21(14-18)29-16-20-10-8-17-7-9-19(25)15-22(17)27-20/h4-10,14-15,24H,3,11-13,16H2,1-2H3,(H,26,28). The van der Waals surface area contributed by atoms with Crippen molar-refractivity contribution in [2.75, 3.05) is 18.6 Å². The van der Waals surface area contributed by atoms with Crippen LogP contribution in [0.1, 0.15) is 35.6 Å². The number of ether oxygens (including phenoxy) is 1. The van der Waals surface area contributed by atoms with Gasteiger partial charge in [-0.2, -0.15) is 0 Å². The van der Waals surface area contributed by atoms with Crippen molar-refractivity contribution in [2.45, 2.75) is 31.0 Å². The smallest absolute Gasteiger partial charge is 0.220 e. The summed E-state index contributed by atoms with van der Waals surface area (Å²) in [6, 6.07) is 17.9. The number of halogens is 1. The first-order valence-electron chi connectivity index (χ1n) is 10.3. The molecule has 0 spiro atoms. The Balaban J connectivity index is 1.66. The number of pyridine rings is 1. The summed E-state index contributed by atoms with van der Waals surface area (Å²) in [7, 11) is 1.68. The number of hydrogen-bond donors (Lipinski definition) is 1. The Bertz CT molecular complexity index is 1020. The summed E-state index contributed by atoms with van der Waals surface area (Å²) in [6.07, 6.45) is 1.64. The van der Waals surface area contributed by atoms with E-state index in [2.05, 4.69) is 29.4 Å². The molecule has 1 heterocycles. The van der Waals surface area contributed by atoms with E-state index in [1.165, 1.54) is 5.56 Å². The lowest BCUT2D eigenvalue weighted by Gasteiger charge is -2.17. The van der Waals surface area contributed by atoms with Crippen LogP contribution in [0.25, 0.3) is 10.9 Å². The van der Waals surface area contributed by atoms with Crippen LogP contribution in [0.2, 0.25) is 5.02 Å². The summed E-state index contributed by atoms with van der Waals surface area (Å²) in [6.45, 7) is 2.57. The van der Waals surface area contributed by atoms with Gasteiger partial charge in [-0.15, -0.1) is 23.5 Å². The largest absolute Gasteiger partial charge is 0.487 e. The molecular weight excluding hydrogens is 448 g/mol. The second-order valence-electron chi connectivity index (χ2n) is 7.00. The maximum atomic E-state index is 11.6. The lowest BCUT2D eigenvalue weighted by atomic mass is 10.2. The van der Waals surface area contributed by atoms with Gasteiger partial charge < -0.3 is 10.1 Å². The fourth-order valence-electron chi connectivity index (χ4n) is 2.97. The molecular formula is C24H27ClN2O2S2. The highest BCUT2D eigenvalue weighted by atomic mass is 35.5. The van der Waals surface area contributed by atoms with Crippen LogP contribution >= 0.6 is 35.1 Å². The number of hydrogen-bond acceptors (Lipinski definition) is 5. The van der Waals surface area contributed by atoms with Gasteiger partial charge in [0.15, 0.2) is 0 Å². The Labute approximate surface area is 197 Å². The van der Waals surface area contributed by atoms with E-state index in [1.54, 1.807) is 18.8 Å². The second-order valence-corrected chi connectivity index (χ2v) is 10.2. The lowest BCUT2D eigenvalue weighted by Crippen LogP contribution is -2.18. The number of nitrogens with one attached hydrogen (secondary N) is 1. The number of aromatic nitrogens is 1. The van der Waals surface area contributed by atoms with E-state index in [9.17, 15) is 4.79 Å². The summed E-state index contributed by atoms with van der Waals surface area (Å²) in [5.41, 5.74) is 2.93. The van der Waals surface area contributed by atoms with Crippen molar-refractivity contribution in [3.05, 3.63) is 70.9 Å². The first kappa shape index (κ1) is 23.8. The Morgan fingerprint density at radius 2 is 1.94 bits per heavy atom.